The summed E-state index contributed by atoms with van der Waals surface area (Å²) < 4.78 is 2.09. The Bertz CT molecular complexity index is 1270. The first-order chi connectivity index (χ1) is 16.1. The van der Waals surface area contributed by atoms with Crippen molar-refractivity contribution in [3.05, 3.63) is 72.1 Å². The van der Waals surface area contributed by atoms with Crippen molar-refractivity contribution in [1.29, 1.82) is 0 Å². The zero-order valence-electron chi connectivity index (χ0n) is 18.9. The molecule has 0 bridgehead atoms. The maximum absolute atomic E-state index is 13.0. The Kier molecular flexibility index (Phi) is 5.64. The zero-order valence-corrected chi connectivity index (χ0v) is 18.9. The van der Waals surface area contributed by atoms with Crippen LogP contribution >= 0.6 is 0 Å². The second-order valence-electron chi connectivity index (χ2n) is 8.45. The third-order valence-electron chi connectivity index (χ3n) is 6.10. The lowest BCUT2D eigenvalue weighted by Crippen LogP contribution is -2.49. The Morgan fingerprint density at radius 1 is 1.00 bits per heavy atom. The van der Waals surface area contributed by atoms with Gasteiger partial charge in [-0.1, -0.05) is 18.2 Å². The average Bonchev–Trinajstić information content (AvgIpc) is 3.15. The van der Waals surface area contributed by atoms with E-state index >= 15 is 0 Å². The lowest BCUT2D eigenvalue weighted by Gasteiger charge is -2.35. The van der Waals surface area contributed by atoms with Gasteiger partial charge in [0.15, 0.2) is 11.6 Å². The molecule has 1 amide bonds. The number of hydrogen-bond acceptors (Lipinski definition) is 6. The number of piperazine rings is 1. The van der Waals surface area contributed by atoms with Gasteiger partial charge in [-0.05, 0) is 48.4 Å². The van der Waals surface area contributed by atoms with Crippen LogP contribution in [0.3, 0.4) is 0 Å². The van der Waals surface area contributed by atoms with Crippen LogP contribution in [0, 0.1) is 6.92 Å². The molecule has 0 saturated carbocycles. The van der Waals surface area contributed by atoms with E-state index in [1.54, 1.807) is 6.20 Å². The fourth-order valence-corrected chi connectivity index (χ4v) is 4.32. The van der Waals surface area contributed by atoms with E-state index in [4.69, 9.17) is 0 Å². The first-order valence-corrected chi connectivity index (χ1v) is 11.2. The SMILES string of the molecule is Cc1ccnc(Nc2ccc(N3CCN(C(=O)Cc4cn(C)c5ccccc45)CC3)nn2)c1. The van der Waals surface area contributed by atoms with Gasteiger partial charge in [-0.3, -0.25) is 4.79 Å². The highest BCUT2D eigenvalue weighted by molar-refractivity contribution is 5.89. The molecule has 0 radical (unpaired) electrons. The maximum Gasteiger partial charge on any atom is 0.227 e. The summed E-state index contributed by atoms with van der Waals surface area (Å²) in [4.78, 5) is 21.4. The number of amides is 1. The van der Waals surface area contributed by atoms with Gasteiger partial charge in [0.05, 0.1) is 6.42 Å². The topological polar surface area (TPSA) is 79.2 Å². The Hall–Kier alpha value is -3.94. The molecule has 1 saturated heterocycles. The Morgan fingerprint density at radius 2 is 1.82 bits per heavy atom. The number of aryl methyl sites for hydroxylation is 2. The van der Waals surface area contributed by atoms with Crippen LogP contribution in [0.5, 0.6) is 0 Å². The van der Waals surface area contributed by atoms with Crippen molar-refractivity contribution in [1.82, 2.24) is 24.6 Å². The Morgan fingerprint density at radius 3 is 2.58 bits per heavy atom. The number of rotatable bonds is 5. The van der Waals surface area contributed by atoms with Crippen LogP contribution in [0.2, 0.25) is 0 Å². The number of para-hydroxylation sites is 1. The van der Waals surface area contributed by atoms with Crippen LogP contribution in [0.25, 0.3) is 10.9 Å². The summed E-state index contributed by atoms with van der Waals surface area (Å²) >= 11 is 0. The molecule has 1 aromatic carbocycles. The molecule has 1 aliphatic heterocycles. The minimum absolute atomic E-state index is 0.169. The van der Waals surface area contributed by atoms with Crippen LogP contribution in [-0.2, 0) is 18.3 Å². The fourth-order valence-electron chi connectivity index (χ4n) is 4.32. The van der Waals surface area contributed by atoms with Crippen molar-refractivity contribution in [3.63, 3.8) is 0 Å². The van der Waals surface area contributed by atoms with Crippen LogP contribution < -0.4 is 10.2 Å². The summed E-state index contributed by atoms with van der Waals surface area (Å²) in [6.07, 6.45) is 4.26. The highest BCUT2D eigenvalue weighted by Gasteiger charge is 2.23. The normalized spacial score (nSPS) is 14.0. The van der Waals surface area contributed by atoms with E-state index in [-0.39, 0.29) is 5.91 Å². The Balaban J connectivity index is 1.18. The van der Waals surface area contributed by atoms with Gasteiger partial charge in [0.2, 0.25) is 5.91 Å². The molecule has 8 nitrogen and oxygen atoms in total. The third-order valence-corrected chi connectivity index (χ3v) is 6.10. The molecule has 1 N–H and O–H groups in total. The minimum Gasteiger partial charge on any atom is -0.352 e. The number of hydrogen-bond donors (Lipinski definition) is 1. The van der Waals surface area contributed by atoms with Crippen LogP contribution in [0.15, 0.2) is 60.9 Å². The van der Waals surface area contributed by atoms with Gasteiger partial charge in [0.1, 0.15) is 5.82 Å². The summed E-state index contributed by atoms with van der Waals surface area (Å²) in [5.74, 6) is 2.39. The monoisotopic (exact) mass is 441 g/mol. The zero-order chi connectivity index (χ0) is 22.8. The molecule has 0 unspecified atom stereocenters. The van der Waals surface area contributed by atoms with E-state index < -0.39 is 0 Å². The van der Waals surface area contributed by atoms with Gasteiger partial charge in [-0.25, -0.2) is 4.98 Å². The molecule has 168 valence electrons. The fraction of sp³-hybridized carbons (Fsp3) is 0.280. The second kappa shape index (κ2) is 8.90. The number of fused-ring (bicyclic) bond motifs is 1. The lowest BCUT2D eigenvalue weighted by molar-refractivity contribution is -0.130. The number of aromatic nitrogens is 4. The first kappa shape index (κ1) is 20.9. The number of carbonyl (C=O) groups is 1. The molecular weight excluding hydrogens is 414 g/mol. The summed E-state index contributed by atoms with van der Waals surface area (Å²) in [5, 5.41) is 13.0. The standard InChI is InChI=1S/C25H27N7O/c1-18-9-10-26-23(15-18)27-22-7-8-24(29-28-22)31-11-13-32(14-12-31)25(33)16-19-17-30(2)21-6-4-3-5-20(19)21/h3-10,15,17H,11-14,16H2,1-2H3,(H,26,27,28). The lowest BCUT2D eigenvalue weighted by atomic mass is 10.1. The predicted octanol–water partition coefficient (Wildman–Crippen LogP) is 3.31. The predicted molar refractivity (Wildman–Crippen MR) is 130 cm³/mol. The molecule has 1 fully saturated rings. The van der Waals surface area contributed by atoms with E-state index in [1.165, 1.54) is 0 Å². The van der Waals surface area contributed by atoms with Crippen molar-refractivity contribution in [2.24, 2.45) is 7.05 Å². The van der Waals surface area contributed by atoms with Gasteiger partial charge in [-0.2, -0.15) is 0 Å². The molecule has 1 aliphatic rings. The highest BCUT2D eigenvalue weighted by atomic mass is 16.2. The second-order valence-corrected chi connectivity index (χ2v) is 8.45. The van der Waals surface area contributed by atoms with Crippen molar-refractivity contribution < 1.29 is 4.79 Å². The number of nitrogens with zero attached hydrogens (tertiary/aromatic N) is 6. The molecular formula is C25H27N7O. The molecule has 4 aromatic rings. The van der Waals surface area contributed by atoms with Crippen molar-refractivity contribution in [2.45, 2.75) is 13.3 Å². The van der Waals surface area contributed by atoms with Gasteiger partial charge < -0.3 is 19.7 Å². The molecule has 0 spiro atoms. The van der Waals surface area contributed by atoms with E-state index in [1.807, 2.05) is 55.3 Å². The number of nitrogens with one attached hydrogen (secondary N) is 1. The summed E-state index contributed by atoms with van der Waals surface area (Å²) in [6, 6.07) is 16.0. The number of benzene rings is 1. The van der Waals surface area contributed by atoms with Crippen molar-refractivity contribution in [2.75, 3.05) is 36.4 Å². The van der Waals surface area contributed by atoms with Gasteiger partial charge in [0, 0.05) is 56.5 Å². The van der Waals surface area contributed by atoms with Crippen LogP contribution in [-0.4, -0.2) is 56.7 Å². The summed E-state index contributed by atoms with van der Waals surface area (Å²) in [6.45, 7) is 4.86. The number of pyridine rings is 1. The van der Waals surface area contributed by atoms with E-state index in [0.29, 0.717) is 25.3 Å². The van der Waals surface area contributed by atoms with Gasteiger partial charge in [-0.15, -0.1) is 10.2 Å². The molecule has 5 rings (SSSR count). The van der Waals surface area contributed by atoms with Gasteiger partial charge in [0.25, 0.3) is 0 Å². The van der Waals surface area contributed by atoms with E-state index in [9.17, 15) is 4.79 Å². The largest absolute Gasteiger partial charge is 0.352 e. The van der Waals surface area contributed by atoms with Crippen LogP contribution in [0.4, 0.5) is 17.5 Å². The average molecular weight is 442 g/mol. The van der Waals surface area contributed by atoms with E-state index in [2.05, 4.69) is 48.3 Å². The van der Waals surface area contributed by atoms with Gasteiger partial charge >= 0.3 is 0 Å². The molecule has 0 atom stereocenters. The van der Waals surface area contributed by atoms with Crippen molar-refractivity contribution in [3.8, 4) is 0 Å². The maximum atomic E-state index is 13.0. The highest BCUT2D eigenvalue weighted by Crippen LogP contribution is 2.22. The summed E-state index contributed by atoms with van der Waals surface area (Å²) in [5.41, 5.74) is 3.36. The minimum atomic E-state index is 0.169. The quantitative estimate of drug-likeness (QED) is 0.512. The molecule has 33 heavy (non-hydrogen) atoms. The summed E-state index contributed by atoms with van der Waals surface area (Å²) in [7, 11) is 2.02. The number of anilines is 3. The first-order valence-electron chi connectivity index (χ1n) is 11.2. The Labute approximate surface area is 192 Å². The van der Waals surface area contributed by atoms with Crippen molar-refractivity contribution >= 4 is 34.3 Å². The van der Waals surface area contributed by atoms with E-state index in [0.717, 1.165) is 46.8 Å². The smallest absolute Gasteiger partial charge is 0.227 e. The molecule has 3 aromatic heterocycles. The molecule has 0 aliphatic carbocycles. The molecule has 4 heterocycles. The molecule has 8 heteroatoms. The van der Waals surface area contributed by atoms with Crippen LogP contribution in [0.1, 0.15) is 11.1 Å². The number of carbonyl (C=O) groups excluding carboxylic acids is 1. The third kappa shape index (κ3) is 4.50.